The lowest BCUT2D eigenvalue weighted by Crippen LogP contribution is -2.31. The summed E-state index contributed by atoms with van der Waals surface area (Å²) in [6.07, 6.45) is 0. The minimum Gasteiger partial charge on any atom is -0.282 e. The highest BCUT2D eigenvalue weighted by molar-refractivity contribution is 7.90. The van der Waals surface area contributed by atoms with Gasteiger partial charge in [0.25, 0.3) is 40.5 Å². The minimum absolute atomic E-state index is 0.00452. The Morgan fingerprint density at radius 3 is 0.790 bits per heavy atom. The Kier molecular flexibility index (Phi) is 11.5. The Labute approximate surface area is 360 Å². The van der Waals surface area contributed by atoms with E-state index in [1.165, 1.54) is 97.1 Å². The van der Waals surface area contributed by atoms with Gasteiger partial charge in [-0.25, -0.2) is 0 Å². The van der Waals surface area contributed by atoms with E-state index >= 15 is 0 Å². The average Bonchev–Trinajstić information content (AvgIpc) is 3.23. The molecule has 0 aliphatic carbocycles. The van der Waals surface area contributed by atoms with Crippen molar-refractivity contribution in [3.63, 3.8) is 0 Å². The summed E-state index contributed by atoms with van der Waals surface area (Å²) >= 11 is 0. The van der Waals surface area contributed by atoms with E-state index in [4.69, 9.17) is 0 Å². The van der Waals surface area contributed by atoms with Gasteiger partial charge < -0.3 is 0 Å². The van der Waals surface area contributed by atoms with Crippen molar-refractivity contribution in [2.24, 2.45) is 0 Å². The van der Waals surface area contributed by atoms with Crippen molar-refractivity contribution in [3.8, 4) is 11.1 Å². The molecule has 0 aromatic heterocycles. The van der Waals surface area contributed by atoms with Crippen molar-refractivity contribution < 1.29 is 51.9 Å². The van der Waals surface area contributed by atoms with E-state index in [1.54, 1.807) is 60.7 Å². The fourth-order valence-electron chi connectivity index (χ4n) is 7.64. The molecule has 0 aliphatic heterocycles. The van der Waals surface area contributed by atoms with Crippen LogP contribution in [0, 0.1) is 0 Å². The molecule has 18 heteroatoms. The third-order valence-electron chi connectivity index (χ3n) is 10.1. The van der Waals surface area contributed by atoms with Crippen molar-refractivity contribution in [1.82, 2.24) is 0 Å². The van der Waals surface area contributed by atoms with Crippen molar-refractivity contribution in [3.05, 3.63) is 170 Å². The number of hydrogen-bond acceptors (Lipinski definition) is 8. The SMILES string of the molecule is O=S(=O)(O)c1ccccc1P(c1ccccc1S(=O)(=O)O)c1ccc2ccccc2c1-c1c(P(c2ccccc2S(=O)(=O)O)c2ccccc2S(=O)(=O)O)ccc2ccccc12. The molecule has 0 atom stereocenters. The smallest absolute Gasteiger partial charge is 0.282 e. The molecule has 62 heavy (non-hydrogen) atoms. The highest BCUT2D eigenvalue weighted by Gasteiger charge is 2.35. The van der Waals surface area contributed by atoms with Crippen LogP contribution < -0.4 is 31.8 Å². The first-order valence-electron chi connectivity index (χ1n) is 18.3. The van der Waals surface area contributed by atoms with E-state index in [9.17, 15) is 51.9 Å². The molecule has 8 aromatic carbocycles. The van der Waals surface area contributed by atoms with Crippen LogP contribution in [0.1, 0.15) is 0 Å². The summed E-state index contributed by atoms with van der Waals surface area (Å²) in [5, 5.41) is 3.04. The quantitative estimate of drug-likeness (QED) is 0.0847. The fraction of sp³-hybridized carbons (Fsp3) is 0. The molecule has 0 spiro atoms. The van der Waals surface area contributed by atoms with Gasteiger partial charge in [0.2, 0.25) is 0 Å². The maximum Gasteiger partial charge on any atom is 0.295 e. The summed E-state index contributed by atoms with van der Waals surface area (Å²) in [5.74, 6) is 0. The van der Waals surface area contributed by atoms with Crippen molar-refractivity contribution in [1.29, 1.82) is 0 Å². The highest BCUT2D eigenvalue weighted by Crippen LogP contribution is 2.48. The molecule has 8 aromatic rings. The maximum atomic E-state index is 13.2. The van der Waals surface area contributed by atoms with Gasteiger partial charge in [-0.3, -0.25) is 18.2 Å². The first-order chi connectivity index (χ1) is 29.4. The molecule has 0 fully saturated rings. The first kappa shape index (κ1) is 43.4. The molecule has 0 heterocycles. The molecule has 0 unspecified atom stereocenters. The van der Waals surface area contributed by atoms with Crippen LogP contribution >= 0.6 is 15.8 Å². The zero-order chi connectivity index (χ0) is 44.2. The van der Waals surface area contributed by atoms with Gasteiger partial charge in [0.15, 0.2) is 0 Å². The van der Waals surface area contributed by atoms with Crippen molar-refractivity contribution >= 4 is 110 Å². The maximum absolute atomic E-state index is 13.2. The molecular weight excluding hydrogens is 911 g/mol. The number of benzene rings is 8. The Morgan fingerprint density at radius 2 is 0.516 bits per heavy atom. The Bertz CT molecular complexity index is 3180. The zero-order valence-electron chi connectivity index (χ0n) is 31.7. The van der Waals surface area contributed by atoms with Gasteiger partial charge in [-0.2, -0.15) is 33.7 Å². The van der Waals surface area contributed by atoms with Gasteiger partial charge in [0.05, 0.1) is 0 Å². The molecule has 0 saturated heterocycles. The molecule has 0 radical (unpaired) electrons. The number of hydrogen-bond donors (Lipinski definition) is 4. The monoisotopic (exact) mass is 942 g/mol. The zero-order valence-corrected chi connectivity index (χ0v) is 36.8. The van der Waals surface area contributed by atoms with E-state index in [2.05, 4.69) is 0 Å². The van der Waals surface area contributed by atoms with Gasteiger partial charge in [0, 0.05) is 21.2 Å². The molecule has 12 nitrogen and oxygen atoms in total. The van der Waals surface area contributed by atoms with Crippen molar-refractivity contribution in [2.45, 2.75) is 19.6 Å². The van der Waals surface area contributed by atoms with Crippen LogP contribution in [0.15, 0.2) is 189 Å². The second kappa shape index (κ2) is 16.5. The lowest BCUT2D eigenvalue weighted by molar-refractivity contribution is 0.481. The lowest BCUT2D eigenvalue weighted by atomic mass is 9.93. The van der Waals surface area contributed by atoms with E-state index in [0.717, 1.165) is 0 Å². The summed E-state index contributed by atoms with van der Waals surface area (Å²) in [7, 11) is -24.8. The molecule has 0 amide bonds. The molecule has 8 rings (SSSR count). The van der Waals surface area contributed by atoms with E-state index in [1.807, 2.05) is 12.1 Å². The number of rotatable bonds is 11. The van der Waals surface area contributed by atoms with Crippen LogP contribution in [0.5, 0.6) is 0 Å². The topological polar surface area (TPSA) is 217 Å². The van der Waals surface area contributed by atoms with Crippen LogP contribution in [0.25, 0.3) is 32.7 Å². The lowest BCUT2D eigenvalue weighted by Gasteiger charge is -2.30. The van der Waals surface area contributed by atoms with Crippen LogP contribution in [0.4, 0.5) is 0 Å². The third-order valence-corrected chi connectivity index (χ3v) is 19.5. The second-order valence-electron chi connectivity index (χ2n) is 13.8. The average molecular weight is 943 g/mol. The molecule has 4 N–H and O–H groups in total. The summed E-state index contributed by atoms with van der Waals surface area (Å²) < 4.78 is 148. The largest absolute Gasteiger partial charge is 0.295 e. The Hall–Kier alpha value is -5.22. The van der Waals surface area contributed by atoms with Gasteiger partial charge >= 0.3 is 0 Å². The van der Waals surface area contributed by atoms with E-state index in [-0.39, 0.29) is 21.2 Å². The minimum atomic E-state index is -4.98. The summed E-state index contributed by atoms with van der Waals surface area (Å²) in [6, 6.07) is 43.3. The van der Waals surface area contributed by atoms with Gasteiger partial charge in [-0.1, -0.05) is 146 Å². The molecule has 0 aliphatic rings. The Balaban J connectivity index is 1.64. The molecule has 314 valence electrons. The van der Waals surface area contributed by atoms with Crippen LogP contribution in [0.3, 0.4) is 0 Å². The summed E-state index contributed by atoms with van der Waals surface area (Å²) in [5.41, 5.74) is 0.773. The summed E-state index contributed by atoms with van der Waals surface area (Å²) in [4.78, 5) is -2.11. The van der Waals surface area contributed by atoms with E-state index < -0.39 is 75.9 Å². The first-order valence-corrected chi connectivity index (χ1v) is 26.7. The standard InChI is InChI=1S/C44H32O12P2S4/c45-59(46,47)39-21-9-5-17-33(39)57(34-18-6-10-22-40(34)60(48,49)50)37-27-25-29-13-1-3-15-31(29)43(37)44-32-16-4-2-14-30(32)26-28-38(44)58(35-19-7-11-23-41(35)61(51,52)53)36-20-8-12-24-42(36)62(54,55)56/h1-28H,(H,45,46,47)(H,48,49,50)(H,51,52,53)(H,54,55,56). The normalized spacial score (nSPS) is 12.7. The van der Waals surface area contributed by atoms with Crippen LogP contribution in [0.2, 0.25) is 0 Å². The van der Waals surface area contributed by atoms with Gasteiger partial charge in [-0.05, 0) is 83.4 Å². The van der Waals surface area contributed by atoms with Crippen molar-refractivity contribution in [2.75, 3.05) is 0 Å². The number of fused-ring (bicyclic) bond motifs is 2. The third kappa shape index (κ3) is 8.23. The van der Waals surface area contributed by atoms with Gasteiger partial charge in [0.1, 0.15) is 19.6 Å². The Morgan fingerprint density at radius 1 is 0.274 bits per heavy atom. The molecular formula is C44H32O12P2S4. The van der Waals surface area contributed by atoms with Crippen LogP contribution in [-0.2, 0) is 40.5 Å². The highest BCUT2D eigenvalue weighted by atomic mass is 32.2. The fourth-order valence-corrected chi connectivity index (χ4v) is 17.5. The van der Waals surface area contributed by atoms with Crippen LogP contribution in [-0.4, -0.2) is 51.9 Å². The molecule has 0 saturated carbocycles. The predicted molar refractivity (Wildman–Crippen MR) is 244 cm³/mol. The summed E-state index contributed by atoms with van der Waals surface area (Å²) in [6.45, 7) is 0. The van der Waals surface area contributed by atoms with Gasteiger partial charge in [-0.15, -0.1) is 0 Å². The second-order valence-corrected chi connectivity index (χ2v) is 23.6. The predicted octanol–water partition coefficient (Wildman–Crippen LogP) is 6.16. The molecule has 0 bridgehead atoms. The van der Waals surface area contributed by atoms with E-state index in [0.29, 0.717) is 43.3 Å².